The number of hydrogen-bond donors (Lipinski definition) is 5. The van der Waals surface area contributed by atoms with E-state index in [1.165, 1.54) is 0 Å². The minimum absolute atomic E-state index is 0.00364. The van der Waals surface area contributed by atoms with Gasteiger partial charge in [0.25, 0.3) is 0 Å². The lowest BCUT2D eigenvalue weighted by atomic mass is 9.78. The minimum atomic E-state index is -1.49. The van der Waals surface area contributed by atoms with Gasteiger partial charge >= 0.3 is 27.3 Å². The highest BCUT2D eigenvalue weighted by molar-refractivity contribution is 6.62. The summed E-state index contributed by atoms with van der Waals surface area (Å²) in [7, 11) is 0.885. The molecule has 0 aromatic heterocycles. The summed E-state index contributed by atoms with van der Waals surface area (Å²) in [6.45, 7) is 16.1. The van der Waals surface area contributed by atoms with Gasteiger partial charge in [-0.25, -0.2) is 0 Å². The number of rotatable bonds is 9. The van der Waals surface area contributed by atoms with Crippen molar-refractivity contribution in [3.63, 3.8) is 0 Å². The van der Waals surface area contributed by atoms with Crippen molar-refractivity contribution in [1.82, 2.24) is 10.6 Å². The molecule has 0 saturated carbocycles. The van der Waals surface area contributed by atoms with Gasteiger partial charge in [-0.3, -0.25) is 14.4 Å². The van der Waals surface area contributed by atoms with Crippen LogP contribution in [0.2, 0.25) is 0 Å². The van der Waals surface area contributed by atoms with Crippen molar-refractivity contribution in [2.75, 3.05) is 14.1 Å². The van der Waals surface area contributed by atoms with E-state index in [4.69, 9.17) is 33.8 Å². The molecule has 284 valence electrons. The number of likely N-dealkylation sites (N-methyl/N-ethyl adjacent to an activating group) is 2. The molecule has 2 fully saturated rings. The molecule has 0 atom stereocenters. The molecule has 0 unspecified atom stereocenters. The molecule has 12 nitrogen and oxygen atoms in total. The molecule has 0 radical (unpaired) electrons. The molecular weight excluding hydrogens is 677 g/mol. The molecule has 5 rings (SSSR count). The molecule has 2 aliphatic rings. The molecule has 0 spiro atoms. The molecule has 2 amide bonds. The third-order valence-corrected chi connectivity index (χ3v) is 9.84. The van der Waals surface area contributed by atoms with Crippen molar-refractivity contribution in [2.24, 2.45) is 0 Å². The number of amides is 2. The lowest BCUT2D eigenvalue weighted by Crippen LogP contribution is -2.41. The van der Waals surface area contributed by atoms with E-state index in [-0.39, 0.29) is 54.2 Å². The van der Waals surface area contributed by atoms with Gasteiger partial charge < -0.3 is 44.4 Å². The van der Waals surface area contributed by atoms with Gasteiger partial charge in [0, 0.05) is 14.1 Å². The summed E-state index contributed by atoms with van der Waals surface area (Å²) in [5.74, 6) is -0.947. The third kappa shape index (κ3) is 12.0. The van der Waals surface area contributed by atoms with Gasteiger partial charge in [0.1, 0.15) is 0 Å². The minimum Gasteiger partial charge on any atom is -0.481 e. The summed E-state index contributed by atoms with van der Waals surface area (Å²) < 4.78 is 23.9. The van der Waals surface area contributed by atoms with Crippen LogP contribution in [0.25, 0.3) is 0 Å². The van der Waals surface area contributed by atoms with Crippen molar-refractivity contribution < 1.29 is 48.2 Å². The molecule has 53 heavy (non-hydrogen) atoms. The highest BCUT2D eigenvalue weighted by atomic mass is 16.7. The zero-order chi connectivity index (χ0) is 39.8. The van der Waals surface area contributed by atoms with Gasteiger partial charge in [0.2, 0.25) is 11.8 Å². The summed E-state index contributed by atoms with van der Waals surface area (Å²) in [6.07, 6.45) is 0.619. The van der Waals surface area contributed by atoms with Gasteiger partial charge in [-0.05, 0) is 88.5 Å². The largest absolute Gasteiger partial charge is 0.494 e. The van der Waals surface area contributed by atoms with Gasteiger partial charge in [0.15, 0.2) is 0 Å². The average molecular weight is 730 g/mol. The van der Waals surface area contributed by atoms with Gasteiger partial charge in [-0.2, -0.15) is 0 Å². The molecular formula is C38H53B3N2O10. The molecule has 15 heteroatoms. The van der Waals surface area contributed by atoms with Crippen molar-refractivity contribution in [2.45, 2.75) is 97.1 Å². The molecule has 5 N–H and O–H groups in total. The number of aliphatic carboxylic acids is 1. The normalized spacial score (nSPS) is 17.4. The SMILES string of the molecule is CC1(C)OB(c2cccc(CC(=O)O)c2)OC1(C)C.CNC(=O)Cc1cccc(B(O)O)c1.CNC(=O)Cc1cccc(B2OC(C)(C)C(C)(C)O2)c1. The van der Waals surface area contributed by atoms with Gasteiger partial charge in [-0.1, -0.05) is 72.8 Å². The number of benzene rings is 3. The van der Waals surface area contributed by atoms with E-state index in [0.29, 0.717) is 11.9 Å². The first-order valence-corrected chi connectivity index (χ1v) is 17.6. The first kappa shape index (κ1) is 43.4. The molecule has 0 bridgehead atoms. The van der Waals surface area contributed by atoms with E-state index in [9.17, 15) is 14.4 Å². The summed E-state index contributed by atoms with van der Waals surface area (Å²) in [6, 6.07) is 21.8. The van der Waals surface area contributed by atoms with Crippen molar-refractivity contribution >= 4 is 55.5 Å². The van der Waals surface area contributed by atoms with Crippen LogP contribution in [0.3, 0.4) is 0 Å². The molecule has 0 aliphatic carbocycles. The number of carbonyl (C=O) groups is 3. The Balaban J connectivity index is 0.000000218. The number of carboxylic acid groups (broad SMARTS) is 1. The van der Waals surface area contributed by atoms with Crippen LogP contribution >= 0.6 is 0 Å². The zero-order valence-electron chi connectivity index (χ0n) is 32.5. The van der Waals surface area contributed by atoms with E-state index in [1.54, 1.807) is 44.4 Å². The van der Waals surface area contributed by atoms with Crippen molar-refractivity contribution in [1.29, 1.82) is 0 Å². The standard InChI is InChI=1S/C15H22BNO3.C14H19BO4.C9H12BNO3/c1-14(2)15(3,4)20-16(19-14)12-8-6-7-11(9-12)10-13(18)17-5;1-13(2)14(3,4)19-15(18-13)11-7-5-6-10(8-11)9-12(16)17;1-11-9(12)6-7-3-2-4-8(5-7)10(13)14/h6-9H,10H2,1-5H3,(H,17,18);5-8H,9H2,1-4H3,(H,16,17);2-5,13-14H,6H2,1H3,(H,11,12). The maximum atomic E-state index is 11.4. The Kier molecular flexibility index (Phi) is 14.7. The van der Waals surface area contributed by atoms with Crippen molar-refractivity contribution in [3.8, 4) is 0 Å². The molecule has 3 aromatic rings. The first-order valence-electron chi connectivity index (χ1n) is 17.6. The van der Waals surface area contributed by atoms with E-state index in [1.807, 2.05) is 97.9 Å². The maximum Gasteiger partial charge on any atom is 0.494 e. The average Bonchev–Trinajstić information content (AvgIpc) is 3.44. The number of hydrogen-bond acceptors (Lipinski definition) is 9. The van der Waals surface area contributed by atoms with Crippen LogP contribution in [0.4, 0.5) is 0 Å². The summed E-state index contributed by atoms with van der Waals surface area (Å²) in [5, 5.41) is 31.7. The second kappa shape index (κ2) is 17.9. The second-order valence-corrected chi connectivity index (χ2v) is 15.1. The Bertz CT molecular complexity index is 1700. The fourth-order valence-electron chi connectivity index (χ4n) is 5.24. The quantitative estimate of drug-likeness (QED) is 0.204. The van der Waals surface area contributed by atoms with Crippen LogP contribution in [0.5, 0.6) is 0 Å². The smallest absolute Gasteiger partial charge is 0.481 e. The highest BCUT2D eigenvalue weighted by Gasteiger charge is 2.52. The fourth-order valence-corrected chi connectivity index (χ4v) is 5.24. The monoisotopic (exact) mass is 730 g/mol. The van der Waals surface area contributed by atoms with E-state index in [0.717, 1.165) is 27.6 Å². The van der Waals surface area contributed by atoms with Gasteiger partial charge in [-0.15, -0.1) is 0 Å². The van der Waals surface area contributed by atoms with Crippen LogP contribution < -0.4 is 27.0 Å². The van der Waals surface area contributed by atoms with Gasteiger partial charge in [0.05, 0.1) is 41.7 Å². The summed E-state index contributed by atoms with van der Waals surface area (Å²) in [4.78, 5) is 33.2. The number of carbonyl (C=O) groups excluding carboxylic acids is 2. The van der Waals surface area contributed by atoms with Crippen molar-refractivity contribution in [3.05, 3.63) is 89.5 Å². The zero-order valence-corrected chi connectivity index (χ0v) is 32.5. The lowest BCUT2D eigenvalue weighted by molar-refractivity contribution is -0.136. The molecule has 2 aliphatic heterocycles. The maximum absolute atomic E-state index is 11.4. The van der Waals surface area contributed by atoms with Crippen LogP contribution in [0.15, 0.2) is 72.8 Å². The van der Waals surface area contributed by atoms with Crippen LogP contribution in [0, 0.1) is 0 Å². The Hall–Kier alpha value is -3.98. The fraction of sp³-hybridized carbons (Fsp3) is 0.447. The lowest BCUT2D eigenvalue weighted by Gasteiger charge is -2.32. The van der Waals surface area contributed by atoms with Crippen LogP contribution in [-0.4, -0.2) is 90.8 Å². The van der Waals surface area contributed by atoms with Crippen LogP contribution in [0.1, 0.15) is 72.1 Å². The first-order chi connectivity index (χ1) is 24.6. The van der Waals surface area contributed by atoms with Crippen LogP contribution in [-0.2, 0) is 52.3 Å². The molecule has 3 aromatic carbocycles. The highest BCUT2D eigenvalue weighted by Crippen LogP contribution is 2.37. The predicted molar refractivity (Wildman–Crippen MR) is 207 cm³/mol. The Morgan fingerprint density at radius 2 is 0.925 bits per heavy atom. The van der Waals surface area contributed by atoms with E-state index < -0.39 is 20.2 Å². The third-order valence-electron chi connectivity index (χ3n) is 9.84. The predicted octanol–water partition coefficient (Wildman–Crippen LogP) is 1.54. The molecule has 2 saturated heterocycles. The van der Waals surface area contributed by atoms with E-state index in [2.05, 4.69) is 10.6 Å². The Morgan fingerprint density at radius 3 is 1.26 bits per heavy atom. The summed E-state index contributed by atoms with van der Waals surface area (Å²) >= 11 is 0. The molecule has 2 heterocycles. The Labute approximate surface area is 314 Å². The topological polar surface area (TPSA) is 173 Å². The Morgan fingerprint density at radius 1 is 0.585 bits per heavy atom. The second-order valence-electron chi connectivity index (χ2n) is 15.1. The summed E-state index contributed by atoms with van der Waals surface area (Å²) in [5.41, 5.74) is 3.18. The number of carboxylic acids is 1. The number of nitrogens with one attached hydrogen (secondary N) is 2. The van der Waals surface area contributed by atoms with E-state index >= 15 is 0 Å².